The minimum Gasteiger partial charge on any atom is -0.314 e. The van der Waals surface area contributed by atoms with Gasteiger partial charge in [-0.3, -0.25) is 0 Å². The van der Waals surface area contributed by atoms with Gasteiger partial charge in [-0.05, 0) is 48.9 Å². The van der Waals surface area contributed by atoms with Crippen molar-refractivity contribution in [1.29, 1.82) is 0 Å². The molecule has 0 aromatic heterocycles. The van der Waals surface area contributed by atoms with Crippen LogP contribution in [0.2, 0.25) is 5.02 Å². The van der Waals surface area contributed by atoms with Crippen molar-refractivity contribution in [1.82, 2.24) is 9.62 Å². The van der Waals surface area contributed by atoms with E-state index in [1.807, 2.05) is 32.0 Å². The fourth-order valence-corrected chi connectivity index (χ4v) is 4.89. The molecule has 0 saturated carbocycles. The third kappa shape index (κ3) is 3.49. The maximum absolute atomic E-state index is 13.0. The lowest BCUT2D eigenvalue weighted by atomic mass is 10.0. The van der Waals surface area contributed by atoms with E-state index in [0.29, 0.717) is 29.6 Å². The summed E-state index contributed by atoms with van der Waals surface area (Å²) >= 11 is 5.97. The van der Waals surface area contributed by atoms with E-state index in [-0.39, 0.29) is 12.4 Å². The van der Waals surface area contributed by atoms with Gasteiger partial charge in [-0.25, -0.2) is 8.42 Å². The van der Waals surface area contributed by atoms with Crippen LogP contribution in [0.3, 0.4) is 0 Å². The number of piperazine rings is 1. The first-order valence-corrected chi connectivity index (χ1v) is 9.05. The van der Waals surface area contributed by atoms with Gasteiger partial charge < -0.3 is 5.32 Å². The lowest BCUT2D eigenvalue weighted by Crippen LogP contribution is -2.59. The van der Waals surface area contributed by atoms with E-state index >= 15 is 0 Å². The first-order chi connectivity index (χ1) is 10.3. The van der Waals surface area contributed by atoms with Crippen molar-refractivity contribution in [3.05, 3.63) is 41.4 Å². The third-order valence-corrected chi connectivity index (χ3v) is 6.43. The summed E-state index contributed by atoms with van der Waals surface area (Å²) in [4.78, 5) is 0.331. The second-order valence-corrected chi connectivity index (χ2v) is 8.52. The smallest absolute Gasteiger partial charge is 0.243 e. The second-order valence-electron chi connectivity index (χ2n) is 6.22. The van der Waals surface area contributed by atoms with Gasteiger partial charge in [0.1, 0.15) is 0 Å². The highest BCUT2D eigenvalue weighted by atomic mass is 35.5. The Morgan fingerprint density at radius 2 is 1.78 bits per heavy atom. The van der Waals surface area contributed by atoms with Crippen LogP contribution in [0.25, 0.3) is 10.8 Å². The van der Waals surface area contributed by atoms with Crippen LogP contribution in [0.5, 0.6) is 0 Å². The van der Waals surface area contributed by atoms with Gasteiger partial charge in [0, 0.05) is 30.2 Å². The molecule has 4 nitrogen and oxygen atoms in total. The second kappa shape index (κ2) is 6.57. The van der Waals surface area contributed by atoms with Crippen LogP contribution in [0.15, 0.2) is 41.3 Å². The molecule has 3 rings (SSSR count). The first kappa shape index (κ1) is 18.5. The van der Waals surface area contributed by atoms with Crippen molar-refractivity contribution in [2.45, 2.75) is 24.3 Å². The number of fused-ring (bicyclic) bond motifs is 1. The molecule has 1 N–H and O–H groups in total. The van der Waals surface area contributed by atoms with Crippen molar-refractivity contribution in [2.75, 3.05) is 19.6 Å². The van der Waals surface area contributed by atoms with Crippen LogP contribution in [-0.4, -0.2) is 37.9 Å². The predicted octanol–water partition coefficient (Wildman–Crippen LogP) is 3.29. The Labute approximate surface area is 148 Å². The molecule has 2 aromatic rings. The topological polar surface area (TPSA) is 49.4 Å². The van der Waals surface area contributed by atoms with Gasteiger partial charge in [0.15, 0.2) is 0 Å². The summed E-state index contributed by atoms with van der Waals surface area (Å²) in [5, 5.41) is 5.70. The van der Waals surface area contributed by atoms with Crippen LogP contribution >= 0.6 is 24.0 Å². The number of halogens is 2. The van der Waals surface area contributed by atoms with E-state index in [1.165, 1.54) is 0 Å². The number of hydrogen-bond donors (Lipinski definition) is 1. The monoisotopic (exact) mass is 374 g/mol. The lowest BCUT2D eigenvalue weighted by Gasteiger charge is -2.41. The Morgan fingerprint density at radius 1 is 1.13 bits per heavy atom. The lowest BCUT2D eigenvalue weighted by molar-refractivity contribution is 0.186. The quantitative estimate of drug-likeness (QED) is 0.877. The summed E-state index contributed by atoms with van der Waals surface area (Å²) in [5.74, 6) is 0. The molecule has 1 heterocycles. The van der Waals surface area contributed by atoms with Crippen molar-refractivity contribution in [3.63, 3.8) is 0 Å². The average molecular weight is 375 g/mol. The van der Waals surface area contributed by atoms with Gasteiger partial charge >= 0.3 is 0 Å². The van der Waals surface area contributed by atoms with Crippen molar-refractivity contribution in [2.24, 2.45) is 0 Å². The Kier molecular flexibility index (Phi) is 5.28. The number of rotatable bonds is 2. The number of hydrogen-bond acceptors (Lipinski definition) is 3. The highest BCUT2D eigenvalue weighted by molar-refractivity contribution is 7.89. The van der Waals surface area contributed by atoms with E-state index in [4.69, 9.17) is 11.6 Å². The number of nitrogens with one attached hydrogen (secondary N) is 1. The molecule has 0 amide bonds. The number of sulfonamides is 1. The highest BCUT2D eigenvalue weighted by Gasteiger charge is 2.38. The van der Waals surface area contributed by atoms with Gasteiger partial charge in [-0.15, -0.1) is 12.4 Å². The Hall–Kier alpha value is -0.850. The van der Waals surface area contributed by atoms with Crippen molar-refractivity contribution >= 4 is 44.8 Å². The maximum Gasteiger partial charge on any atom is 0.243 e. The number of nitrogens with zero attached hydrogens (tertiary/aromatic N) is 1. The van der Waals surface area contributed by atoms with Crippen LogP contribution in [-0.2, 0) is 10.0 Å². The fraction of sp³-hybridized carbons (Fsp3) is 0.375. The predicted molar refractivity (Wildman–Crippen MR) is 97.0 cm³/mol. The molecule has 0 atom stereocenters. The van der Waals surface area contributed by atoms with Crippen LogP contribution in [0.4, 0.5) is 0 Å². The normalized spacial score (nSPS) is 18.6. The summed E-state index contributed by atoms with van der Waals surface area (Å²) in [6.45, 7) is 5.68. The minimum atomic E-state index is -3.51. The maximum atomic E-state index is 13.0. The number of benzene rings is 2. The van der Waals surface area contributed by atoms with Gasteiger partial charge in [0.2, 0.25) is 10.0 Å². The first-order valence-electron chi connectivity index (χ1n) is 7.24. The van der Waals surface area contributed by atoms with E-state index in [9.17, 15) is 8.42 Å². The van der Waals surface area contributed by atoms with Crippen LogP contribution in [0.1, 0.15) is 13.8 Å². The molecule has 0 radical (unpaired) electrons. The molecule has 1 aliphatic rings. The van der Waals surface area contributed by atoms with E-state index in [0.717, 1.165) is 10.8 Å². The zero-order chi connectivity index (χ0) is 16.0. The summed E-state index contributed by atoms with van der Waals surface area (Å²) in [6, 6.07) is 10.6. The van der Waals surface area contributed by atoms with Crippen molar-refractivity contribution < 1.29 is 8.42 Å². The molecule has 0 bridgehead atoms. The summed E-state index contributed by atoms with van der Waals surface area (Å²) in [6.07, 6.45) is 0. The SMILES string of the molecule is CC1(C)CNCCN1S(=O)(=O)c1ccc2cc(Cl)ccc2c1.Cl. The zero-order valence-electron chi connectivity index (χ0n) is 13.0. The summed E-state index contributed by atoms with van der Waals surface area (Å²) in [7, 11) is -3.51. The van der Waals surface area contributed by atoms with E-state index < -0.39 is 15.6 Å². The highest BCUT2D eigenvalue weighted by Crippen LogP contribution is 2.28. The molecular weight excluding hydrogens is 355 g/mol. The van der Waals surface area contributed by atoms with Gasteiger partial charge in [-0.1, -0.05) is 23.7 Å². The minimum absolute atomic E-state index is 0. The molecule has 1 fully saturated rings. The zero-order valence-corrected chi connectivity index (χ0v) is 15.4. The third-order valence-electron chi connectivity index (χ3n) is 4.09. The Bertz CT molecular complexity index is 822. The molecule has 126 valence electrons. The van der Waals surface area contributed by atoms with Crippen molar-refractivity contribution in [3.8, 4) is 0 Å². The van der Waals surface area contributed by atoms with Gasteiger partial charge in [0.05, 0.1) is 4.90 Å². The summed E-state index contributed by atoms with van der Waals surface area (Å²) in [5.41, 5.74) is -0.438. The average Bonchev–Trinajstić information content (AvgIpc) is 2.45. The van der Waals surface area contributed by atoms with Gasteiger partial charge in [0.25, 0.3) is 0 Å². The molecular formula is C16H20Cl2N2O2S. The van der Waals surface area contributed by atoms with E-state index in [1.54, 1.807) is 22.5 Å². The van der Waals surface area contributed by atoms with Gasteiger partial charge in [-0.2, -0.15) is 4.31 Å². The molecule has 0 aliphatic carbocycles. The fourth-order valence-electron chi connectivity index (χ4n) is 2.89. The summed E-state index contributed by atoms with van der Waals surface area (Å²) < 4.78 is 27.6. The Balaban J connectivity index is 0.00000192. The molecule has 1 saturated heterocycles. The van der Waals surface area contributed by atoms with Crippen LogP contribution < -0.4 is 5.32 Å². The van der Waals surface area contributed by atoms with Crippen LogP contribution in [0, 0.1) is 0 Å². The molecule has 0 unspecified atom stereocenters. The molecule has 23 heavy (non-hydrogen) atoms. The molecule has 7 heteroatoms. The molecule has 0 spiro atoms. The Morgan fingerprint density at radius 3 is 2.48 bits per heavy atom. The standard InChI is InChI=1S/C16H19ClN2O2S.ClH/c1-16(2)11-18-7-8-19(16)22(20,21)15-6-4-12-9-14(17)5-3-13(12)10-15;/h3-6,9-10,18H,7-8,11H2,1-2H3;1H. The molecule has 1 aliphatic heterocycles. The van der Waals surface area contributed by atoms with E-state index in [2.05, 4.69) is 5.32 Å². The largest absolute Gasteiger partial charge is 0.314 e. The molecule has 2 aromatic carbocycles.